The van der Waals surface area contributed by atoms with Crippen LogP contribution in [0, 0.1) is 10.1 Å². The van der Waals surface area contributed by atoms with Crippen molar-refractivity contribution in [3.63, 3.8) is 0 Å². The number of amides is 1. The lowest BCUT2D eigenvalue weighted by molar-refractivity contribution is -0.389. The Balaban J connectivity index is 1.53. The van der Waals surface area contributed by atoms with Crippen LogP contribution in [0.25, 0.3) is 0 Å². The monoisotopic (exact) mass is 430 g/mol. The van der Waals surface area contributed by atoms with E-state index in [9.17, 15) is 14.9 Å². The molecule has 0 saturated heterocycles. The number of nitrogens with one attached hydrogen (secondary N) is 1. The molecule has 0 aliphatic heterocycles. The number of rotatable bonds is 11. The minimum Gasteiger partial charge on any atom is -0.490 e. The van der Waals surface area contributed by atoms with Crippen molar-refractivity contribution in [3.05, 3.63) is 57.9 Å². The average Bonchev–Trinajstić information content (AvgIpc) is 3.40. The molecule has 2 aromatic heterocycles. The first-order chi connectivity index (χ1) is 15.0. The van der Waals surface area contributed by atoms with E-state index in [1.165, 1.54) is 16.9 Å². The number of carbonyl (C=O) groups excluding carboxylic acids is 1. The maximum Gasteiger partial charge on any atom is 0.389 e. The molecular formula is C19H22N6O6. The van der Waals surface area contributed by atoms with Gasteiger partial charge in [0.2, 0.25) is 0 Å². The highest BCUT2D eigenvalue weighted by molar-refractivity contribution is 5.89. The Morgan fingerprint density at radius 2 is 2.00 bits per heavy atom. The topological polar surface area (TPSA) is 147 Å². The Morgan fingerprint density at radius 3 is 2.71 bits per heavy atom. The number of nitrogens with zero attached hydrogens (tertiary/aromatic N) is 5. The zero-order valence-corrected chi connectivity index (χ0v) is 17.1. The van der Waals surface area contributed by atoms with Gasteiger partial charge in [-0.1, -0.05) is 11.2 Å². The number of hydrogen-bond donors (Lipinski definition) is 1. The van der Waals surface area contributed by atoms with Crippen LogP contribution >= 0.6 is 0 Å². The van der Waals surface area contributed by atoms with Gasteiger partial charge in [0.05, 0.1) is 30.6 Å². The summed E-state index contributed by atoms with van der Waals surface area (Å²) in [4.78, 5) is 26.3. The standard InChI is InChI=1S/C19H22N6O6/c1-3-29-14-6-5-13(11-15(14)30-4-2)7-9-20-18(26)19-21-16(23-31-19)12-24-10-8-17(22-24)25(27)28/h5-6,8,10-11H,3-4,7,9,12H2,1-2H3,(H,20,26). The van der Waals surface area contributed by atoms with E-state index in [0.29, 0.717) is 37.7 Å². The molecular weight excluding hydrogens is 408 g/mol. The molecule has 0 spiro atoms. The van der Waals surface area contributed by atoms with Crippen LogP contribution in [-0.2, 0) is 13.0 Å². The minimum absolute atomic E-state index is 0.0387. The predicted octanol–water partition coefficient (Wildman–Crippen LogP) is 1.99. The van der Waals surface area contributed by atoms with Gasteiger partial charge in [-0.15, -0.1) is 0 Å². The first-order valence-corrected chi connectivity index (χ1v) is 9.67. The van der Waals surface area contributed by atoms with E-state index >= 15 is 0 Å². The Labute approximate surface area is 177 Å². The van der Waals surface area contributed by atoms with Crippen LogP contribution in [0.4, 0.5) is 5.82 Å². The molecule has 0 aliphatic rings. The van der Waals surface area contributed by atoms with Crippen molar-refractivity contribution in [1.82, 2.24) is 25.2 Å². The van der Waals surface area contributed by atoms with Crippen molar-refractivity contribution < 1.29 is 23.7 Å². The summed E-state index contributed by atoms with van der Waals surface area (Å²) in [6.45, 7) is 5.25. The normalized spacial score (nSPS) is 10.6. The van der Waals surface area contributed by atoms with Crippen molar-refractivity contribution in [2.75, 3.05) is 19.8 Å². The molecule has 12 heteroatoms. The molecule has 0 bridgehead atoms. The first-order valence-electron chi connectivity index (χ1n) is 9.67. The van der Waals surface area contributed by atoms with Gasteiger partial charge >= 0.3 is 17.6 Å². The molecule has 3 rings (SSSR count). The number of hydrogen-bond acceptors (Lipinski definition) is 9. The summed E-state index contributed by atoms with van der Waals surface area (Å²) >= 11 is 0. The van der Waals surface area contributed by atoms with Gasteiger partial charge < -0.3 is 29.4 Å². The Kier molecular flexibility index (Phi) is 7.14. The van der Waals surface area contributed by atoms with Crippen molar-refractivity contribution in [3.8, 4) is 11.5 Å². The van der Waals surface area contributed by atoms with Gasteiger partial charge in [0.15, 0.2) is 17.3 Å². The fraction of sp³-hybridized carbons (Fsp3) is 0.368. The molecule has 1 amide bonds. The summed E-state index contributed by atoms with van der Waals surface area (Å²) in [5.41, 5.74) is 0.971. The Bertz CT molecular complexity index is 1050. The highest BCUT2D eigenvalue weighted by atomic mass is 16.6. The van der Waals surface area contributed by atoms with Crippen LogP contribution < -0.4 is 14.8 Å². The summed E-state index contributed by atoms with van der Waals surface area (Å²) in [7, 11) is 0. The fourth-order valence-corrected chi connectivity index (χ4v) is 2.74. The molecule has 0 radical (unpaired) electrons. The minimum atomic E-state index is -0.604. The van der Waals surface area contributed by atoms with E-state index in [1.54, 1.807) is 0 Å². The fourth-order valence-electron chi connectivity index (χ4n) is 2.74. The van der Waals surface area contributed by atoms with E-state index in [0.717, 1.165) is 5.56 Å². The first kappa shape index (κ1) is 21.7. The zero-order valence-electron chi connectivity index (χ0n) is 17.1. The maximum absolute atomic E-state index is 12.2. The molecule has 1 N–H and O–H groups in total. The van der Waals surface area contributed by atoms with Gasteiger partial charge in [-0.3, -0.25) is 4.79 Å². The summed E-state index contributed by atoms with van der Waals surface area (Å²) in [6.07, 6.45) is 1.98. The quantitative estimate of drug-likeness (QED) is 0.356. The molecule has 0 aliphatic carbocycles. The number of ether oxygens (including phenoxy) is 2. The smallest absolute Gasteiger partial charge is 0.389 e. The van der Waals surface area contributed by atoms with Crippen LogP contribution in [0.2, 0.25) is 0 Å². The molecule has 164 valence electrons. The van der Waals surface area contributed by atoms with Crippen molar-refractivity contribution in [2.24, 2.45) is 0 Å². The average molecular weight is 430 g/mol. The molecule has 2 heterocycles. The molecule has 0 fully saturated rings. The van der Waals surface area contributed by atoms with Crippen LogP contribution in [0.3, 0.4) is 0 Å². The summed E-state index contributed by atoms with van der Waals surface area (Å²) in [6, 6.07) is 6.89. The molecule has 3 aromatic rings. The molecule has 0 atom stereocenters. The van der Waals surface area contributed by atoms with E-state index in [4.69, 9.17) is 14.0 Å². The maximum atomic E-state index is 12.2. The van der Waals surface area contributed by atoms with E-state index in [2.05, 4.69) is 20.6 Å². The number of benzene rings is 1. The Morgan fingerprint density at radius 1 is 1.23 bits per heavy atom. The van der Waals surface area contributed by atoms with E-state index < -0.39 is 10.8 Å². The van der Waals surface area contributed by atoms with Gasteiger partial charge in [0.25, 0.3) is 0 Å². The molecule has 31 heavy (non-hydrogen) atoms. The third-order valence-corrected chi connectivity index (χ3v) is 4.09. The molecule has 1 aromatic carbocycles. The van der Waals surface area contributed by atoms with Crippen molar-refractivity contribution >= 4 is 11.7 Å². The number of carbonyl (C=O) groups is 1. The largest absolute Gasteiger partial charge is 0.490 e. The number of aromatic nitrogens is 4. The lowest BCUT2D eigenvalue weighted by atomic mass is 10.1. The summed E-state index contributed by atoms with van der Waals surface area (Å²) < 4.78 is 17.4. The predicted molar refractivity (Wildman–Crippen MR) is 107 cm³/mol. The van der Waals surface area contributed by atoms with Gasteiger partial charge in [-0.2, -0.15) is 9.67 Å². The van der Waals surface area contributed by atoms with Crippen LogP contribution in [0.1, 0.15) is 35.9 Å². The van der Waals surface area contributed by atoms with E-state index in [1.807, 2.05) is 32.0 Å². The van der Waals surface area contributed by atoms with Gasteiger partial charge in [0, 0.05) is 6.54 Å². The Hall–Kier alpha value is -3.96. The van der Waals surface area contributed by atoms with Crippen molar-refractivity contribution in [1.29, 1.82) is 0 Å². The SMILES string of the molecule is CCOc1ccc(CCNC(=O)c2nc(Cn3ccc([N+](=O)[O-])n3)no2)cc1OCC. The van der Waals surface area contributed by atoms with Gasteiger partial charge in [0.1, 0.15) is 6.54 Å². The lowest BCUT2D eigenvalue weighted by Crippen LogP contribution is -2.26. The molecule has 0 saturated carbocycles. The highest BCUT2D eigenvalue weighted by Crippen LogP contribution is 2.28. The molecule has 12 nitrogen and oxygen atoms in total. The van der Waals surface area contributed by atoms with Gasteiger partial charge in [-0.05, 0) is 42.9 Å². The third kappa shape index (κ3) is 5.78. The highest BCUT2D eigenvalue weighted by Gasteiger charge is 2.17. The second-order valence-corrected chi connectivity index (χ2v) is 6.30. The third-order valence-electron chi connectivity index (χ3n) is 4.09. The lowest BCUT2D eigenvalue weighted by Gasteiger charge is -2.12. The van der Waals surface area contributed by atoms with Crippen molar-refractivity contribution in [2.45, 2.75) is 26.8 Å². The summed E-state index contributed by atoms with van der Waals surface area (Å²) in [5, 5.41) is 20.9. The van der Waals surface area contributed by atoms with E-state index in [-0.39, 0.29) is 24.1 Å². The summed E-state index contributed by atoms with van der Waals surface area (Å²) in [5.74, 6) is 0.519. The van der Waals surface area contributed by atoms with Crippen LogP contribution in [0.5, 0.6) is 11.5 Å². The molecule has 0 unspecified atom stereocenters. The van der Waals surface area contributed by atoms with Crippen LogP contribution in [0.15, 0.2) is 35.0 Å². The van der Waals surface area contributed by atoms with Gasteiger partial charge in [-0.25, -0.2) is 0 Å². The second kappa shape index (κ2) is 10.2. The number of nitro groups is 1. The van der Waals surface area contributed by atoms with Crippen LogP contribution in [-0.4, -0.2) is 50.5 Å². The second-order valence-electron chi connectivity index (χ2n) is 6.30. The zero-order chi connectivity index (χ0) is 22.2.